The van der Waals surface area contributed by atoms with Gasteiger partial charge in [-0.3, -0.25) is 9.59 Å². The molecule has 0 heterocycles. The van der Waals surface area contributed by atoms with E-state index in [1.54, 1.807) is 31.2 Å². The number of aryl methyl sites for hydroxylation is 1. The summed E-state index contributed by atoms with van der Waals surface area (Å²) >= 11 is 9.45. The van der Waals surface area contributed by atoms with E-state index in [0.717, 1.165) is 23.8 Å². The zero-order valence-electron chi connectivity index (χ0n) is 21.2. The molecular formula is C28H22BrClF3N3O4. The second-order valence-electron chi connectivity index (χ2n) is 8.27. The lowest BCUT2D eigenvalue weighted by Gasteiger charge is -2.15. The number of hydrogen-bond acceptors (Lipinski definition) is 5. The fourth-order valence-electron chi connectivity index (χ4n) is 3.37. The molecule has 0 spiro atoms. The minimum Gasteiger partial charge on any atom is -0.490 e. The van der Waals surface area contributed by atoms with Crippen LogP contribution >= 0.6 is 27.5 Å². The Bertz CT molecular complexity index is 1500. The van der Waals surface area contributed by atoms with Gasteiger partial charge in [0.2, 0.25) is 0 Å². The summed E-state index contributed by atoms with van der Waals surface area (Å²) in [5.41, 5.74) is 0.301. The van der Waals surface area contributed by atoms with Gasteiger partial charge in [0.15, 0.2) is 18.1 Å². The molecule has 2 N–H and O–H groups in total. The lowest BCUT2D eigenvalue weighted by atomic mass is 10.1. The Morgan fingerprint density at radius 2 is 1.80 bits per heavy atom. The van der Waals surface area contributed by atoms with Crippen molar-refractivity contribution in [3.8, 4) is 17.6 Å². The van der Waals surface area contributed by atoms with Gasteiger partial charge in [-0.1, -0.05) is 23.7 Å². The van der Waals surface area contributed by atoms with Crippen LogP contribution < -0.4 is 20.1 Å². The normalized spacial score (nSPS) is 11.4. The molecule has 0 unspecified atom stereocenters. The van der Waals surface area contributed by atoms with E-state index in [0.29, 0.717) is 20.7 Å². The summed E-state index contributed by atoms with van der Waals surface area (Å²) in [5.74, 6) is -0.909. The second-order valence-corrected chi connectivity index (χ2v) is 9.53. The first kappa shape index (κ1) is 30.5. The summed E-state index contributed by atoms with van der Waals surface area (Å²) in [4.78, 5) is 25.1. The van der Waals surface area contributed by atoms with Crippen molar-refractivity contribution in [3.05, 3.63) is 86.4 Å². The van der Waals surface area contributed by atoms with E-state index in [1.807, 2.05) is 6.92 Å². The molecule has 0 bridgehead atoms. The molecule has 0 atom stereocenters. The maximum Gasteiger partial charge on any atom is 0.416 e. The van der Waals surface area contributed by atoms with Crippen molar-refractivity contribution >= 4 is 56.8 Å². The van der Waals surface area contributed by atoms with E-state index in [9.17, 15) is 28.0 Å². The smallest absolute Gasteiger partial charge is 0.416 e. The van der Waals surface area contributed by atoms with Crippen molar-refractivity contribution in [3.63, 3.8) is 0 Å². The highest BCUT2D eigenvalue weighted by atomic mass is 79.9. The molecule has 12 heteroatoms. The molecule has 0 saturated carbocycles. The highest BCUT2D eigenvalue weighted by Crippen LogP contribution is 2.38. The predicted molar refractivity (Wildman–Crippen MR) is 149 cm³/mol. The number of carbonyl (C=O) groups excluding carboxylic acids is 2. The van der Waals surface area contributed by atoms with Gasteiger partial charge in [-0.2, -0.15) is 18.4 Å². The van der Waals surface area contributed by atoms with E-state index >= 15 is 0 Å². The third-order valence-corrected chi connectivity index (χ3v) is 6.25. The second kappa shape index (κ2) is 13.4. The number of nitrogens with zero attached hydrogens (tertiary/aromatic N) is 1. The zero-order valence-corrected chi connectivity index (χ0v) is 23.5. The Morgan fingerprint density at radius 3 is 2.45 bits per heavy atom. The summed E-state index contributed by atoms with van der Waals surface area (Å²) in [6, 6.07) is 13.9. The van der Waals surface area contributed by atoms with E-state index in [1.165, 1.54) is 24.3 Å². The summed E-state index contributed by atoms with van der Waals surface area (Å²) in [7, 11) is 0. The highest BCUT2D eigenvalue weighted by Gasteiger charge is 2.30. The topological polar surface area (TPSA) is 100 Å². The monoisotopic (exact) mass is 635 g/mol. The Kier molecular flexibility index (Phi) is 10.2. The molecule has 3 aromatic rings. The number of nitrogens with one attached hydrogen (secondary N) is 2. The van der Waals surface area contributed by atoms with Crippen LogP contribution in [0.5, 0.6) is 11.5 Å². The number of hydrogen-bond donors (Lipinski definition) is 2. The summed E-state index contributed by atoms with van der Waals surface area (Å²) in [6.45, 7) is 3.45. The van der Waals surface area contributed by atoms with Crippen molar-refractivity contribution in [2.24, 2.45) is 0 Å². The molecule has 0 aromatic heterocycles. The number of anilines is 2. The van der Waals surface area contributed by atoms with Crippen molar-refractivity contribution < 1.29 is 32.2 Å². The van der Waals surface area contributed by atoms with Gasteiger partial charge < -0.3 is 20.1 Å². The number of carbonyl (C=O) groups is 2. The van der Waals surface area contributed by atoms with E-state index < -0.39 is 23.6 Å². The number of alkyl halides is 3. The fraction of sp³-hybridized carbons (Fsp3) is 0.179. The summed E-state index contributed by atoms with van der Waals surface area (Å²) in [6.07, 6.45) is -3.34. The Labute approximate surface area is 241 Å². The minimum atomic E-state index is -4.59. The van der Waals surface area contributed by atoms with Crippen LogP contribution in [-0.2, 0) is 15.8 Å². The molecule has 0 aliphatic heterocycles. The SMILES string of the molecule is CCOc1cc(/C=C(\C#N)C(=O)Nc2cccc(C(F)(F)F)c2)cc(Br)c1OCC(=O)Nc1ccc(C)c(Cl)c1. The lowest BCUT2D eigenvalue weighted by Crippen LogP contribution is -2.20. The van der Waals surface area contributed by atoms with Gasteiger partial charge in [0.1, 0.15) is 11.6 Å². The molecule has 2 amide bonds. The number of nitriles is 1. The molecule has 0 radical (unpaired) electrons. The van der Waals surface area contributed by atoms with Crippen molar-refractivity contribution in [1.29, 1.82) is 5.26 Å². The molecule has 0 saturated heterocycles. The number of ether oxygens (including phenoxy) is 2. The van der Waals surface area contributed by atoms with Gasteiger partial charge in [-0.05, 0) is 89.4 Å². The third kappa shape index (κ3) is 8.24. The van der Waals surface area contributed by atoms with Crippen molar-refractivity contribution in [1.82, 2.24) is 0 Å². The van der Waals surface area contributed by atoms with Crippen LogP contribution in [0.25, 0.3) is 6.08 Å². The van der Waals surface area contributed by atoms with Gasteiger partial charge in [-0.25, -0.2) is 0 Å². The molecular weight excluding hydrogens is 615 g/mol. The van der Waals surface area contributed by atoms with Gasteiger partial charge in [0.05, 0.1) is 16.6 Å². The van der Waals surface area contributed by atoms with Crippen LogP contribution in [-0.4, -0.2) is 25.0 Å². The molecule has 3 rings (SSSR count). The standard InChI is InChI=1S/C28H22BrClF3N3O4/c1-3-39-24-11-17(9-18(14-34)27(38)36-20-6-4-5-19(12-20)28(31,32)33)10-22(29)26(24)40-15-25(37)35-21-8-7-16(2)23(30)13-21/h4-13H,3,15H2,1-2H3,(H,35,37)(H,36,38)/b18-9+. The van der Waals surface area contributed by atoms with Crippen molar-refractivity contribution in [2.75, 3.05) is 23.8 Å². The number of halogens is 5. The lowest BCUT2D eigenvalue weighted by molar-refractivity contribution is -0.137. The van der Waals surface area contributed by atoms with Gasteiger partial charge in [-0.15, -0.1) is 0 Å². The average molecular weight is 637 g/mol. The molecule has 0 aliphatic rings. The third-order valence-electron chi connectivity index (χ3n) is 5.26. The van der Waals surface area contributed by atoms with Crippen LogP contribution in [0.2, 0.25) is 5.02 Å². The fourth-order valence-corrected chi connectivity index (χ4v) is 4.12. The molecule has 3 aromatic carbocycles. The van der Waals surface area contributed by atoms with E-state index in [4.69, 9.17) is 21.1 Å². The number of amides is 2. The summed E-state index contributed by atoms with van der Waals surface area (Å²) in [5, 5.41) is 15.0. The molecule has 0 aliphatic carbocycles. The average Bonchev–Trinajstić information content (AvgIpc) is 2.88. The van der Waals surface area contributed by atoms with Crippen LogP contribution in [0.1, 0.15) is 23.6 Å². The molecule has 0 fully saturated rings. The molecule has 208 valence electrons. The first-order valence-corrected chi connectivity index (χ1v) is 12.8. The maximum absolute atomic E-state index is 13.0. The number of rotatable bonds is 9. The van der Waals surface area contributed by atoms with Crippen LogP contribution in [0, 0.1) is 18.3 Å². The van der Waals surface area contributed by atoms with E-state index in [2.05, 4.69) is 26.6 Å². The van der Waals surface area contributed by atoms with Gasteiger partial charge >= 0.3 is 6.18 Å². The summed E-state index contributed by atoms with van der Waals surface area (Å²) < 4.78 is 50.6. The largest absolute Gasteiger partial charge is 0.490 e. The Hall–Kier alpha value is -4.01. The highest BCUT2D eigenvalue weighted by molar-refractivity contribution is 9.10. The Morgan fingerprint density at radius 1 is 1.07 bits per heavy atom. The first-order valence-electron chi connectivity index (χ1n) is 11.7. The minimum absolute atomic E-state index is 0.118. The quantitative estimate of drug-likeness (QED) is 0.188. The van der Waals surface area contributed by atoms with Crippen LogP contribution in [0.3, 0.4) is 0 Å². The molecule has 40 heavy (non-hydrogen) atoms. The van der Waals surface area contributed by atoms with Crippen molar-refractivity contribution in [2.45, 2.75) is 20.0 Å². The predicted octanol–water partition coefficient (Wildman–Crippen LogP) is 7.39. The molecule has 7 nitrogen and oxygen atoms in total. The Balaban J connectivity index is 1.78. The zero-order chi connectivity index (χ0) is 29.4. The van der Waals surface area contributed by atoms with Gasteiger partial charge in [0.25, 0.3) is 11.8 Å². The van der Waals surface area contributed by atoms with Crippen LogP contribution in [0.15, 0.2) is 64.6 Å². The van der Waals surface area contributed by atoms with Crippen LogP contribution in [0.4, 0.5) is 24.5 Å². The maximum atomic E-state index is 13.0. The first-order chi connectivity index (χ1) is 18.9. The van der Waals surface area contributed by atoms with E-state index in [-0.39, 0.29) is 36.0 Å². The van der Waals surface area contributed by atoms with Gasteiger partial charge in [0, 0.05) is 16.4 Å². The number of benzene rings is 3.